The molecule has 2 saturated heterocycles. The van der Waals surface area contributed by atoms with Gasteiger partial charge in [-0.15, -0.1) is 0 Å². The molecule has 0 bridgehead atoms. The van der Waals surface area contributed by atoms with Crippen LogP contribution < -0.4 is 0 Å². The monoisotopic (exact) mass is 298 g/mol. The van der Waals surface area contributed by atoms with Crippen LogP contribution in [-0.4, -0.2) is 64.8 Å². The van der Waals surface area contributed by atoms with Gasteiger partial charge in [0.2, 0.25) is 0 Å². The van der Waals surface area contributed by atoms with E-state index in [2.05, 4.69) is 0 Å². The minimum Gasteiger partial charge on any atom is -0.481 e. The summed E-state index contributed by atoms with van der Waals surface area (Å²) in [5.41, 5.74) is 0. The lowest BCUT2D eigenvalue weighted by molar-refractivity contribution is -0.137. The average molecular weight is 298 g/mol. The highest BCUT2D eigenvalue weighted by Gasteiger charge is 2.33. The van der Waals surface area contributed by atoms with Crippen molar-refractivity contribution in [3.8, 4) is 0 Å². The fourth-order valence-electron chi connectivity index (χ4n) is 3.36. The number of nitrogens with zero attached hydrogens (tertiary/aromatic N) is 2. The zero-order valence-corrected chi connectivity index (χ0v) is 13.0. The van der Waals surface area contributed by atoms with E-state index in [-0.39, 0.29) is 30.7 Å². The SMILES string of the molecule is CC1CN(C(=O)N2CCCCC2CCC(=O)O)CC(C)O1. The van der Waals surface area contributed by atoms with E-state index in [1.54, 1.807) is 0 Å². The van der Waals surface area contributed by atoms with Crippen LogP contribution in [0.15, 0.2) is 0 Å². The number of morpholine rings is 1. The minimum absolute atomic E-state index is 0.0482. The summed E-state index contributed by atoms with van der Waals surface area (Å²) in [7, 11) is 0. The summed E-state index contributed by atoms with van der Waals surface area (Å²) in [6.07, 6.45) is 3.78. The van der Waals surface area contributed by atoms with Gasteiger partial charge in [-0.05, 0) is 39.5 Å². The Bertz CT molecular complexity index is 378. The molecule has 2 heterocycles. The number of amides is 2. The molecule has 0 aromatic rings. The predicted molar refractivity (Wildman–Crippen MR) is 78.2 cm³/mol. The van der Waals surface area contributed by atoms with Crippen molar-refractivity contribution in [2.24, 2.45) is 0 Å². The largest absolute Gasteiger partial charge is 0.481 e. The lowest BCUT2D eigenvalue weighted by atomic mass is 9.98. The maximum absolute atomic E-state index is 12.7. The highest BCUT2D eigenvalue weighted by molar-refractivity contribution is 5.75. The van der Waals surface area contributed by atoms with E-state index in [9.17, 15) is 9.59 Å². The molecule has 2 aliphatic heterocycles. The second kappa shape index (κ2) is 7.11. The Kier molecular flexibility index (Phi) is 5.45. The number of hydrogen-bond donors (Lipinski definition) is 1. The second-order valence-electron chi connectivity index (χ2n) is 6.22. The van der Waals surface area contributed by atoms with Crippen LogP contribution in [0.4, 0.5) is 4.79 Å². The Balaban J connectivity index is 1.98. The Morgan fingerprint density at radius 2 is 1.86 bits per heavy atom. The minimum atomic E-state index is -0.790. The summed E-state index contributed by atoms with van der Waals surface area (Å²) >= 11 is 0. The van der Waals surface area contributed by atoms with Gasteiger partial charge in [0.05, 0.1) is 12.2 Å². The third-order valence-electron chi connectivity index (χ3n) is 4.25. The summed E-state index contributed by atoms with van der Waals surface area (Å²) in [4.78, 5) is 27.3. The van der Waals surface area contributed by atoms with Gasteiger partial charge in [0.25, 0.3) is 0 Å². The number of carbonyl (C=O) groups is 2. The first kappa shape index (κ1) is 16.1. The highest BCUT2D eigenvalue weighted by atomic mass is 16.5. The standard InChI is InChI=1S/C15H26N2O4/c1-11-9-16(10-12(2)21-11)15(20)17-8-4-3-5-13(17)6-7-14(18)19/h11-13H,3-10H2,1-2H3,(H,18,19). The van der Waals surface area contributed by atoms with Crippen molar-refractivity contribution in [1.82, 2.24) is 9.80 Å². The number of likely N-dealkylation sites (tertiary alicyclic amines) is 1. The quantitative estimate of drug-likeness (QED) is 0.864. The Morgan fingerprint density at radius 3 is 2.48 bits per heavy atom. The molecular formula is C15H26N2O4. The first-order valence-electron chi connectivity index (χ1n) is 7.90. The summed E-state index contributed by atoms with van der Waals surface area (Å²) in [6, 6.07) is 0.114. The number of carbonyl (C=O) groups excluding carboxylic acids is 1. The first-order valence-corrected chi connectivity index (χ1v) is 7.90. The number of hydrogen-bond acceptors (Lipinski definition) is 3. The molecule has 6 heteroatoms. The zero-order chi connectivity index (χ0) is 15.4. The molecule has 3 atom stereocenters. The van der Waals surface area contributed by atoms with Crippen LogP contribution in [0, 0.1) is 0 Å². The van der Waals surface area contributed by atoms with E-state index in [0.717, 1.165) is 25.8 Å². The van der Waals surface area contributed by atoms with Crippen molar-refractivity contribution in [3.63, 3.8) is 0 Å². The van der Waals surface area contributed by atoms with Gasteiger partial charge >= 0.3 is 12.0 Å². The van der Waals surface area contributed by atoms with Crippen LogP contribution in [0.1, 0.15) is 46.0 Å². The van der Waals surface area contributed by atoms with Gasteiger partial charge < -0.3 is 19.6 Å². The molecule has 120 valence electrons. The van der Waals surface area contributed by atoms with Crippen molar-refractivity contribution in [3.05, 3.63) is 0 Å². The van der Waals surface area contributed by atoms with Gasteiger partial charge in [-0.1, -0.05) is 0 Å². The Labute approximate surface area is 126 Å². The normalized spacial score (nSPS) is 30.3. The van der Waals surface area contributed by atoms with Gasteiger partial charge in [-0.2, -0.15) is 0 Å². The lowest BCUT2D eigenvalue weighted by Gasteiger charge is -2.42. The molecular weight excluding hydrogens is 272 g/mol. The fourth-order valence-corrected chi connectivity index (χ4v) is 3.36. The molecule has 0 aromatic carbocycles. The topological polar surface area (TPSA) is 70.1 Å². The van der Waals surface area contributed by atoms with Crippen LogP contribution in [-0.2, 0) is 9.53 Å². The van der Waals surface area contributed by atoms with Crippen LogP contribution in [0.3, 0.4) is 0 Å². The van der Waals surface area contributed by atoms with E-state index in [0.29, 0.717) is 19.5 Å². The first-order chi connectivity index (χ1) is 9.97. The van der Waals surface area contributed by atoms with Gasteiger partial charge in [-0.25, -0.2) is 4.79 Å². The van der Waals surface area contributed by atoms with Gasteiger partial charge in [0.1, 0.15) is 0 Å². The lowest BCUT2D eigenvalue weighted by Crippen LogP contribution is -2.56. The fraction of sp³-hybridized carbons (Fsp3) is 0.867. The molecule has 1 N–H and O–H groups in total. The molecule has 0 radical (unpaired) electrons. The molecule has 2 rings (SSSR count). The van der Waals surface area contributed by atoms with Crippen molar-refractivity contribution >= 4 is 12.0 Å². The molecule has 0 spiro atoms. The maximum Gasteiger partial charge on any atom is 0.320 e. The van der Waals surface area contributed by atoms with Crippen molar-refractivity contribution in [2.75, 3.05) is 19.6 Å². The van der Waals surface area contributed by atoms with E-state index in [1.165, 1.54) is 0 Å². The zero-order valence-electron chi connectivity index (χ0n) is 13.0. The van der Waals surface area contributed by atoms with Crippen LogP contribution in [0.5, 0.6) is 0 Å². The second-order valence-corrected chi connectivity index (χ2v) is 6.22. The van der Waals surface area contributed by atoms with E-state index in [4.69, 9.17) is 9.84 Å². The predicted octanol–water partition coefficient (Wildman–Crippen LogP) is 1.93. The van der Waals surface area contributed by atoms with Crippen molar-refractivity contribution in [2.45, 2.75) is 64.2 Å². The molecule has 21 heavy (non-hydrogen) atoms. The van der Waals surface area contributed by atoms with E-state index >= 15 is 0 Å². The smallest absolute Gasteiger partial charge is 0.320 e. The molecule has 0 aliphatic carbocycles. The molecule has 0 saturated carbocycles. The third kappa shape index (κ3) is 4.33. The number of piperidine rings is 1. The molecule has 0 aromatic heterocycles. The maximum atomic E-state index is 12.7. The van der Waals surface area contributed by atoms with Crippen molar-refractivity contribution < 1.29 is 19.4 Å². The summed E-state index contributed by atoms with van der Waals surface area (Å²) < 4.78 is 5.67. The number of carboxylic acids is 1. The van der Waals surface area contributed by atoms with Crippen LogP contribution >= 0.6 is 0 Å². The molecule has 2 fully saturated rings. The third-order valence-corrected chi connectivity index (χ3v) is 4.25. The number of urea groups is 1. The number of aliphatic carboxylic acids is 1. The number of carboxylic acid groups (broad SMARTS) is 1. The van der Waals surface area contributed by atoms with E-state index in [1.807, 2.05) is 23.6 Å². The summed E-state index contributed by atoms with van der Waals surface area (Å²) in [5.74, 6) is -0.790. The molecule has 3 unspecified atom stereocenters. The van der Waals surface area contributed by atoms with Gasteiger partial charge in [0.15, 0.2) is 0 Å². The molecule has 2 amide bonds. The molecule has 2 aliphatic rings. The molecule has 6 nitrogen and oxygen atoms in total. The van der Waals surface area contributed by atoms with Crippen molar-refractivity contribution in [1.29, 1.82) is 0 Å². The van der Waals surface area contributed by atoms with Crippen LogP contribution in [0.2, 0.25) is 0 Å². The summed E-state index contributed by atoms with van der Waals surface area (Å²) in [5, 5.41) is 8.86. The van der Waals surface area contributed by atoms with Gasteiger partial charge in [-0.3, -0.25) is 4.79 Å². The summed E-state index contributed by atoms with van der Waals surface area (Å²) in [6.45, 7) is 5.93. The number of ether oxygens (including phenoxy) is 1. The van der Waals surface area contributed by atoms with Gasteiger partial charge in [0, 0.05) is 32.1 Å². The number of rotatable bonds is 3. The average Bonchev–Trinajstić information content (AvgIpc) is 2.43. The Hall–Kier alpha value is -1.30. The highest BCUT2D eigenvalue weighted by Crippen LogP contribution is 2.23. The Morgan fingerprint density at radius 1 is 1.19 bits per heavy atom. The van der Waals surface area contributed by atoms with E-state index < -0.39 is 5.97 Å². The van der Waals surface area contributed by atoms with Crippen LogP contribution in [0.25, 0.3) is 0 Å².